The Kier molecular flexibility index (Phi) is 4.14. The molecular weight excluding hydrogens is 238 g/mol. The normalized spacial score (nSPS) is 10.7. The van der Waals surface area contributed by atoms with Crippen LogP contribution in [0, 0.1) is 6.92 Å². The molecule has 0 atom stereocenters. The molecule has 2 heterocycles. The summed E-state index contributed by atoms with van der Waals surface area (Å²) in [6.07, 6.45) is 5.56. The Morgan fingerprint density at radius 3 is 2.42 bits per heavy atom. The molecule has 0 bridgehead atoms. The van der Waals surface area contributed by atoms with Crippen LogP contribution in [0.5, 0.6) is 0 Å². The van der Waals surface area contributed by atoms with E-state index in [2.05, 4.69) is 34.2 Å². The molecule has 0 amide bonds. The third kappa shape index (κ3) is 2.92. The van der Waals surface area contributed by atoms with Crippen LogP contribution in [-0.4, -0.2) is 19.7 Å². The second-order valence-corrected chi connectivity index (χ2v) is 4.64. The van der Waals surface area contributed by atoms with Gasteiger partial charge in [-0.1, -0.05) is 13.8 Å². The Bertz CT molecular complexity index is 542. The first kappa shape index (κ1) is 13.5. The van der Waals surface area contributed by atoms with Crippen LogP contribution in [0.3, 0.4) is 0 Å². The van der Waals surface area contributed by atoms with Gasteiger partial charge in [0.1, 0.15) is 0 Å². The maximum absolute atomic E-state index is 4.56. The van der Waals surface area contributed by atoms with Gasteiger partial charge in [-0.25, -0.2) is 9.97 Å². The second-order valence-electron chi connectivity index (χ2n) is 4.64. The van der Waals surface area contributed by atoms with Crippen molar-refractivity contribution in [1.82, 2.24) is 19.7 Å². The fourth-order valence-corrected chi connectivity index (χ4v) is 2.25. The summed E-state index contributed by atoms with van der Waals surface area (Å²) in [5.41, 5.74) is 4.77. The quantitative estimate of drug-likeness (QED) is 0.895. The van der Waals surface area contributed by atoms with Crippen molar-refractivity contribution in [2.75, 3.05) is 5.32 Å². The fourth-order valence-electron chi connectivity index (χ4n) is 2.25. The van der Waals surface area contributed by atoms with E-state index in [4.69, 9.17) is 0 Å². The SMILES string of the molecule is CCc1nn(C)c(CC)c1CNc1ncc(C)cn1. The van der Waals surface area contributed by atoms with Crippen LogP contribution in [0.2, 0.25) is 0 Å². The molecule has 0 aliphatic carbocycles. The molecule has 0 aliphatic rings. The molecule has 2 aromatic heterocycles. The van der Waals surface area contributed by atoms with Crippen LogP contribution in [0.25, 0.3) is 0 Å². The van der Waals surface area contributed by atoms with Gasteiger partial charge in [-0.3, -0.25) is 4.68 Å². The second kappa shape index (κ2) is 5.82. The summed E-state index contributed by atoms with van der Waals surface area (Å²) in [5, 5.41) is 7.84. The van der Waals surface area contributed by atoms with Gasteiger partial charge in [0.05, 0.1) is 5.69 Å². The molecule has 0 saturated heterocycles. The number of hydrogen-bond acceptors (Lipinski definition) is 4. The van der Waals surface area contributed by atoms with Crippen LogP contribution < -0.4 is 5.32 Å². The average Bonchev–Trinajstić information content (AvgIpc) is 2.73. The standard InChI is InChI=1S/C14H21N5/c1-5-12-11(13(6-2)19(4)18-12)9-17-14-15-7-10(3)8-16-14/h7-8H,5-6,9H2,1-4H3,(H,15,16,17). The zero-order valence-electron chi connectivity index (χ0n) is 12.1. The summed E-state index contributed by atoms with van der Waals surface area (Å²) in [6, 6.07) is 0. The van der Waals surface area contributed by atoms with Crippen molar-refractivity contribution in [3.05, 3.63) is 34.9 Å². The van der Waals surface area contributed by atoms with Gasteiger partial charge in [0.25, 0.3) is 0 Å². The van der Waals surface area contributed by atoms with Crippen LogP contribution in [0.1, 0.15) is 36.4 Å². The smallest absolute Gasteiger partial charge is 0.222 e. The number of aromatic nitrogens is 4. The van der Waals surface area contributed by atoms with Gasteiger partial charge in [0.2, 0.25) is 5.95 Å². The molecule has 5 heteroatoms. The van der Waals surface area contributed by atoms with Gasteiger partial charge in [-0.15, -0.1) is 0 Å². The number of nitrogens with one attached hydrogen (secondary N) is 1. The molecule has 0 saturated carbocycles. The fraction of sp³-hybridized carbons (Fsp3) is 0.500. The van der Waals surface area contributed by atoms with E-state index in [0.717, 1.165) is 30.6 Å². The van der Waals surface area contributed by atoms with Crippen molar-refractivity contribution in [3.63, 3.8) is 0 Å². The Balaban J connectivity index is 2.16. The van der Waals surface area contributed by atoms with Gasteiger partial charge in [0.15, 0.2) is 0 Å². The van der Waals surface area contributed by atoms with Crippen molar-refractivity contribution >= 4 is 5.95 Å². The summed E-state index contributed by atoms with van der Waals surface area (Å²) in [6.45, 7) is 6.99. The van der Waals surface area contributed by atoms with Crippen molar-refractivity contribution in [1.29, 1.82) is 0 Å². The highest BCUT2D eigenvalue weighted by Gasteiger charge is 2.13. The molecule has 1 N–H and O–H groups in total. The van der Waals surface area contributed by atoms with Gasteiger partial charge in [-0.2, -0.15) is 5.10 Å². The number of nitrogens with zero attached hydrogens (tertiary/aromatic N) is 4. The molecule has 102 valence electrons. The van der Waals surface area contributed by atoms with Crippen molar-refractivity contribution in [2.24, 2.45) is 7.05 Å². The van der Waals surface area contributed by atoms with E-state index in [0.29, 0.717) is 5.95 Å². The largest absolute Gasteiger partial charge is 0.350 e. The zero-order chi connectivity index (χ0) is 13.8. The molecule has 0 aromatic carbocycles. The summed E-state index contributed by atoms with van der Waals surface area (Å²) >= 11 is 0. The molecule has 19 heavy (non-hydrogen) atoms. The van der Waals surface area contributed by atoms with E-state index >= 15 is 0 Å². The third-order valence-electron chi connectivity index (χ3n) is 3.23. The molecule has 0 spiro atoms. The predicted octanol–water partition coefficient (Wildman–Crippen LogP) is 2.26. The van der Waals surface area contributed by atoms with E-state index < -0.39 is 0 Å². The van der Waals surface area contributed by atoms with E-state index in [1.807, 2.05) is 31.0 Å². The van der Waals surface area contributed by atoms with Crippen molar-refractivity contribution in [3.8, 4) is 0 Å². The lowest BCUT2D eigenvalue weighted by Crippen LogP contribution is -2.07. The lowest BCUT2D eigenvalue weighted by molar-refractivity contribution is 0.703. The summed E-state index contributed by atoms with van der Waals surface area (Å²) in [4.78, 5) is 8.52. The lowest BCUT2D eigenvalue weighted by Gasteiger charge is -2.07. The van der Waals surface area contributed by atoms with E-state index in [1.165, 1.54) is 11.3 Å². The van der Waals surface area contributed by atoms with Crippen LogP contribution >= 0.6 is 0 Å². The molecular formula is C14H21N5. The minimum absolute atomic E-state index is 0.665. The minimum atomic E-state index is 0.665. The Morgan fingerprint density at radius 2 is 1.84 bits per heavy atom. The van der Waals surface area contributed by atoms with Gasteiger partial charge in [-0.05, 0) is 25.3 Å². The molecule has 0 unspecified atom stereocenters. The number of hydrogen-bond donors (Lipinski definition) is 1. The van der Waals surface area contributed by atoms with Crippen LogP contribution in [0.15, 0.2) is 12.4 Å². The Morgan fingerprint density at radius 1 is 1.16 bits per heavy atom. The number of aryl methyl sites for hydroxylation is 3. The monoisotopic (exact) mass is 259 g/mol. The highest BCUT2D eigenvalue weighted by Crippen LogP contribution is 2.16. The first-order chi connectivity index (χ1) is 9.15. The predicted molar refractivity (Wildman–Crippen MR) is 76.1 cm³/mol. The van der Waals surface area contributed by atoms with Gasteiger partial charge in [0, 0.05) is 37.2 Å². The summed E-state index contributed by atoms with van der Waals surface area (Å²) < 4.78 is 1.98. The zero-order valence-corrected chi connectivity index (χ0v) is 12.1. The summed E-state index contributed by atoms with van der Waals surface area (Å²) in [5.74, 6) is 0.665. The molecule has 2 rings (SSSR count). The van der Waals surface area contributed by atoms with Crippen molar-refractivity contribution in [2.45, 2.75) is 40.2 Å². The van der Waals surface area contributed by atoms with Gasteiger partial charge >= 0.3 is 0 Å². The highest BCUT2D eigenvalue weighted by molar-refractivity contribution is 5.33. The highest BCUT2D eigenvalue weighted by atomic mass is 15.3. The maximum Gasteiger partial charge on any atom is 0.222 e. The number of anilines is 1. The van der Waals surface area contributed by atoms with Gasteiger partial charge < -0.3 is 5.32 Å². The molecule has 0 fully saturated rings. The maximum atomic E-state index is 4.56. The first-order valence-corrected chi connectivity index (χ1v) is 6.71. The Labute approximate surface area is 114 Å². The van der Waals surface area contributed by atoms with Crippen LogP contribution in [0.4, 0.5) is 5.95 Å². The topological polar surface area (TPSA) is 55.6 Å². The number of rotatable bonds is 5. The molecule has 0 aliphatic heterocycles. The summed E-state index contributed by atoms with van der Waals surface area (Å²) in [7, 11) is 2.00. The molecule has 5 nitrogen and oxygen atoms in total. The lowest BCUT2D eigenvalue weighted by atomic mass is 10.1. The molecule has 0 radical (unpaired) electrons. The van der Waals surface area contributed by atoms with E-state index in [1.54, 1.807) is 0 Å². The Hall–Kier alpha value is -1.91. The first-order valence-electron chi connectivity index (χ1n) is 6.71. The molecule has 2 aromatic rings. The van der Waals surface area contributed by atoms with Crippen molar-refractivity contribution < 1.29 is 0 Å². The van der Waals surface area contributed by atoms with E-state index in [-0.39, 0.29) is 0 Å². The minimum Gasteiger partial charge on any atom is -0.350 e. The average molecular weight is 259 g/mol. The van der Waals surface area contributed by atoms with E-state index in [9.17, 15) is 0 Å². The van der Waals surface area contributed by atoms with Crippen LogP contribution in [-0.2, 0) is 26.4 Å². The third-order valence-corrected chi connectivity index (χ3v) is 3.23.